The lowest BCUT2D eigenvalue weighted by atomic mass is 10.2. The number of aryl methyl sites for hydroxylation is 1. The van der Waals surface area contributed by atoms with Crippen LogP contribution in [0.3, 0.4) is 0 Å². The Morgan fingerprint density at radius 2 is 2.00 bits per heavy atom. The van der Waals surface area contributed by atoms with Crippen LogP contribution in [0.4, 0.5) is 16.2 Å². The van der Waals surface area contributed by atoms with Crippen LogP contribution in [0.5, 0.6) is 0 Å². The van der Waals surface area contributed by atoms with E-state index in [0.29, 0.717) is 0 Å². The van der Waals surface area contributed by atoms with Gasteiger partial charge in [-0.3, -0.25) is 15.4 Å². The fourth-order valence-electron chi connectivity index (χ4n) is 1.92. The zero-order valence-electron chi connectivity index (χ0n) is 12.6. The van der Waals surface area contributed by atoms with Crippen molar-refractivity contribution in [3.8, 4) is 0 Å². The molecule has 0 bridgehead atoms. The molecule has 6 heteroatoms. The first kappa shape index (κ1) is 16.2. The second kappa shape index (κ2) is 7.74. The van der Waals surface area contributed by atoms with Gasteiger partial charge in [-0.15, -0.1) is 0 Å². The smallest absolute Gasteiger partial charge is 0.412 e. The van der Waals surface area contributed by atoms with Gasteiger partial charge in [-0.2, -0.15) is 0 Å². The maximum atomic E-state index is 11.7. The minimum Gasteiger partial charge on any atom is -0.445 e. The third-order valence-corrected chi connectivity index (χ3v) is 3.01. The van der Waals surface area contributed by atoms with Crippen LogP contribution in [0, 0.1) is 17.0 Å². The van der Waals surface area contributed by atoms with Gasteiger partial charge in [0.15, 0.2) is 0 Å². The van der Waals surface area contributed by atoms with E-state index in [2.05, 4.69) is 5.32 Å². The Morgan fingerprint density at radius 1 is 1.26 bits per heavy atom. The molecule has 0 spiro atoms. The molecule has 0 aromatic heterocycles. The summed E-state index contributed by atoms with van der Waals surface area (Å²) in [4.78, 5) is 22.1. The maximum Gasteiger partial charge on any atom is 0.412 e. The number of anilines is 1. The van der Waals surface area contributed by atoms with Crippen molar-refractivity contribution in [2.24, 2.45) is 0 Å². The van der Waals surface area contributed by atoms with Crippen molar-refractivity contribution in [1.29, 1.82) is 0 Å². The number of hydrogen-bond acceptors (Lipinski definition) is 4. The molecule has 2 rings (SSSR count). The Morgan fingerprint density at radius 3 is 2.70 bits per heavy atom. The first-order valence-corrected chi connectivity index (χ1v) is 6.96. The van der Waals surface area contributed by atoms with Crippen LogP contribution in [0.15, 0.2) is 54.6 Å². The fourth-order valence-corrected chi connectivity index (χ4v) is 1.92. The number of benzene rings is 2. The van der Waals surface area contributed by atoms with Crippen molar-refractivity contribution in [2.75, 3.05) is 11.9 Å². The molecule has 0 saturated carbocycles. The summed E-state index contributed by atoms with van der Waals surface area (Å²) < 4.78 is 4.97. The second-order valence-corrected chi connectivity index (χ2v) is 4.81. The zero-order valence-corrected chi connectivity index (χ0v) is 12.6. The molecule has 0 unspecified atom stereocenters. The normalized spacial score (nSPS) is 10.5. The highest BCUT2D eigenvalue weighted by molar-refractivity contribution is 5.88. The van der Waals surface area contributed by atoms with Gasteiger partial charge in [0.1, 0.15) is 12.3 Å². The zero-order chi connectivity index (χ0) is 16.7. The van der Waals surface area contributed by atoms with Crippen molar-refractivity contribution in [3.63, 3.8) is 0 Å². The van der Waals surface area contributed by atoms with E-state index in [0.717, 1.165) is 11.1 Å². The van der Waals surface area contributed by atoms with Crippen molar-refractivity contribution in [1.82, 2.24) is 0 Å². The fraction of sp³-hybridized carbons (Fsp3) is 0.118. The highest BCUT2D eigenvalue weighted by Gasteiger charge is 2.16. The summed E-state index contributed by atoms with van der Waals surface area (Å²) >= 11 is 0. The van der Waals surface area contributed by atoms with Gasteiger partial charge in [-0.05, 0) is 30.2 Å². The average molecular weight is 312 g/mol. The van der Waals surface area contributed by atoms with Gasteiger partial charge < -0.3 is 4.74 Å². The van der Waals surface area contributed by atoms with E-state index in [1.165, 1.54) is 12.1 Å². The van der Waals surface area contributed by atoms with Gasteiger partial charge in [0.05, 0.1) is 4.92 Å². The number of amides is 1. The summed E-state index contributed by atoms with van der Waals surface area (Å²) in [7, 11) is 0. The van der Waals surface area contributed by atoms with Gasteiger partial charge in [0.2, 0.25) is 0 Å². The van der Waals surface area contributed by atoms with E-state index in [4.69, 9.17) is 4.74 Å². The second-order valence-electron chi connectivity index (χ2n) is 4.81. The van der Waals surface area contributed by atoms with Crippen molar-refractivity contribution in [2.45, 2.75) is 6.92 Å². The lowest BCUT2D eigenvalue weighted by Crippen LogP contribution is -2.14. The molecule has 0 fully saturated rings. The van der Waals surface area contributed by atoms with E-state index >= 15 is 0 Å². The summed E-state index contributed by atoms with van der Waals surface area (Å²) in [6.45, 7) is 1.81. The largest absolute Gasteiger partial charge is 0.445 e. The maximum absolute atomic E-state index is 11.7. The van der Waals surface area contributed by atoms with Gasteiger partial charge in [-0.25, -0.2) is 4.79 Å². The molecule has 0 aliphatic heterocycles. The molecule has 0 heterocycles. The lowest BCUT2D eigenvalue weighted by molar-refractivity contribution is -0.384. The summed E-state index contributed by atoms with van der Waals surface area (Å²) in [6.07, 6.45) is 2.77. The third kappa shape index (κ3) is 4.96. The Hall–Kier alpha value is -3.15. The van der Waals surface area contributed by atoms with Crippen LogP contribution in [0.1, 0.15) is 11.1 Å². The molecule has 2 aromatic carbocycles. The van der Waals surface area contributed by atoms with Crippen molar-refractivity contribution in [3.05, 3.63) is 75.8 Å². The molecular weight excluding hydrogens is 296 g/mol. The quantitative estimate of drug-likeness (QED) is 0.663. The van der Waals surface area contributed by atoms with Crippen molar-refractivity contribution < 1.29 is 14.5 Å². The van der Waals surface area contributed by atoms with Crippen LogP contribution in [0.2, 0.25) is 0 Å². The highest BCUT2D eigenvalue weighted by atomic mass is 16.6. The highest BCUT2D eigenvalue weighted by Crippen LogP contribution is 2.25. The Kier molecular flexibility index (Phi) is 5.46. The standard InChI is InChI=1S/C17H16N2O4/c1-13-9-10-15(16(12-13)19(21)22)18-17(20)23-11-5-8-14-6-3-2-4-7-14/h2-10,12H,11H2,1H3,(H,18,20). The van der Waals surface area contributed by atoms with E-state index in [1.54, 1.807) is 19.1 Å². The monoisotopic (exact) mass is 312 g/mol. The predicted molar refractivity (Wildman–Crippen MR) is 88.3 cm³/mol. The summed E-state index contributed by atoms with van der Waals surface area (Å²) in [6, 6.07) is 14.1. The van der Waals surface area contributed by atoms with E-state index in [1.807, 2.05) is 36.4 Å². The number of nitrogens with one attached hydrogen (secondary N) is 1. The van der Waals surface area contributed by atoms with Crippen LogP contribution < -0.4 is 5.32 Å². The Labute approximate surface area is 133 Å². The summed E-state index contributed by atoms with van der Waals surface area (Å²) in [5.41, 5.74) is 1.67. The number of carbonyl (C=O) groups excluding carboxylic acids is 1. The molecule has 118 valence electrons. The van der Waals surface area contributed by atoms with E-state index < -0.39 is 11.0 Å². The minimum atomic E-state index is -0.741. The van der Waals surface area contributed by atoms with Crippen LogP contribution in [-0.4, -0.2) is 17.6 Å². The van der Waals surface area contributed by atoms with Gasteiger partial charge in [0, 0.05) is 6.07 Å². The number of ether oxygens (including phenoxy) is 1. The molecule has 0 atom stereocenters. The summed E-state index contributed by atoms with van der Waals surface area (Å²) in [5.74, 6) is 0. The Bertz CT molecular complexity index is 727. The van der Waals surface area contributed by atoms with E-state index in [-0.39, 0.29) is 18.0 Å². The Balaban J connectivity index is 1.90. The number of nitro groups is 1. The van der Waals surface area contributed by atoms with Crippen LogP contribution >= 0.6 is 0 Å². The molecule has 23 heavy (non-hydrogen) atoms. The van der Waals surface area contributed by atoms with Gasteiger partial charge in [0.25, 0.3) is 5.69 Å². The summed E-state index contributed by atoms with van der Waals surface area (Å²) in [5, 5.41) is 13.4. The molecule has 0 aliphatic rings. The molecule has 0 aliphatic carbocycles. The van der Waals surface area contributed by atoms with Crippen LogP contribution in [-0.2, 0) is 4.74 Å². The molecule has 0 saturated heterocycles. The van der Waals surface area contributed by atoms with E-state index in [9.17, 15) is 14.9 Å². The molecule has 1 amide bonds. The molecule has 1 N–H and O–H groups in total. The van der Waals surface area contributed by atoms with Gasteiger partial charge >= 0.3 is 6.09 Å². The lowest BCUT2D eigenvalue weighted by Gasteiger charge is -2.06. The minimum absolute atomic E-state index is 0.0698. The third-order valence-electron chi connectivity index (χ3n) is 3.01. The molecule has 6 nitrogen and oxygen atoms in total. The number of nitrogens with zero attached hydrogens (tertiary/aromatic N) is 1. The first-order chi connectivity index (χ1) is 11.1. The number of rotatable bonds is 5. The number of nitro benzene ring substituents is 1. The topological polar surface area (TPSA) is 81.5 Å². The predicted octanol–water partition coefficient (Wildman–Crippen LogP) is 4.17. The number of hydrogen-bond donors (Lipinski definition) is 1. The van der Waals surface area contributed by atoms with Gasteiger partial charge in [-0.1, -0.05) is 42.5 Å². The first-order valence-electron chi connectivity index (χ1n) is 6.96. The average Bonchev–Trinajstić information content (AvgIpc) is 2.54. The molecule has 2 aromatic rings. The van der Waals surface area contributed by atoms with Crippen molar-refractivity contribution >= 4 is 23.5 Å². The van der Waals surface area contributed by atoms with Crippen LogP contribution in [0.25, 0.3) is 6.08 Å². The molecule has 0 radical (unpaired) electrons. The number of carbonyl (C=O) groups is 1. The molecular formula is C17H16N2O4. The SMILES string of the molecule is Cc1ccc(NC(=O)OCC=Cc2ccccc2)c([N+](=O)[O-])c1.